The highest BCUT2D eigenvalue weighted by Crippen LogP contribution is 2.29. The molecule has 0 spiro atoms. The summed E-state index contributed by atoms with van der Waals surface area (Å²) in [5.41, 5.74) is 0.895. The van der Waals surface area contributed by atoms with Gasteiger partial charge in [-0.05, 0) is 30.0 Å². The number of anilines is 1. The number of carbonyl (C=O) groups is 2. The fourth-order valence-corrected chi connectivity index (χ4v) is 4.24. The molecule has 3 rings (SSSR count). The second-order valence-electron chi connectivity index (χ2n) is 5.73. The number of hydrogen-bond acceptors (Lipinski definition) is 6. The van der Waals surface area contributed by atoms with Crippen molar-refractivity contribution >= 4 is 39.4 Å². The van der Waals surface area contributed by atoms with E-state index in [2.05, 4.69) is 10.2 Å². The zero-order chi connectivity index (χ0) is 16.9. The number of Topliss-reactive ketones (excluding diaryl/α,β-unsaturated/α-hetero) is 1. The van der Waals surface area contributed by atoms with Crippen LogP contribution >= 0.6 is 22.7 Å². The number of amides is 1. The van der Waals surface area contributed by atoms with E-state index in [1.54, 1.807) is 0 Å². The lowest BCUT2D eigenvalue weighted by Gasteiger charge is -2.25. The number of nitrogens with zero attached hydrogens (tertiary/aromatic N) is 1. The maximum absolute atomic E-state index is 12.3. The summed E-state index contributed by atoms with van der Waals surface area (Å²) in [6.07, 6.45) is 0.317. The zero-order valence-electron chi connectivity index (χ0n) is 13.5. The van der Waals surface area contributed by atoms with Gasteiger partial charge in [-0.3, -0.25) is 14.5 Å². The zero-order valence-corrected chi connectivity index (χ0v) is 15.2. The molecule has 1 fully saturated rings. The SMILES string of the molecule is Cc1cc(CC(=O)c2cccs2)c(NC(=O)CN2CCOCC2)s1. The number of hydrogen-bond donors (Lipinski definition) is 1. The Labute approximate surface area is 149 Å². The van der Waals surface area contributed by atoms with Crippen LogP contribution in [0.3, 0.4) is 0 Å². The van der Waals surface area contributed by atoms with Crippen molar-refractivity contribution in [3.05, 3.63) is 38.9 Å². The number of ether oxygens (including phenoxy) is 1. The predicted molar refractivity (Wildman–Crippen MR) is 97.3 cm³/mol. The molecular formula is C17H20N2O3S2. The van der Waals surface area contributed by atoms with Crippen molar-refractivity contribution in [1.82, 2.24) is 4.90 Å². The first kappa shape index (κ1) is 17.3. The Morgan fingerprint density at radius 2 is 2.12 bits per heavy atom. The molecule has 128 valence electrons. The van der Waals surface area contributed by atoms with Gasteiger partial charge in [0, 0.05) is 24.4 Å². The van der Waals surface area contributed by atoms with Crippen LogP contribution in [0.15, 0.2) is 23.6 Å². The second-order valence-corrected chi connectivity index (χ2v) is 7.93. The summed E-state index contributed by atoms with van der Waals surface area (Å²) in [5, 5.41) is 5.67. The third-order valence-corrected chi connectivity index (χ3v) is 5.72. The molecule has 0 bridgehead atoms. The third-order valence-electron chi connectivity index (χ3n) is 3.80. The standard InChI is InChI=1S/C17H20N2O3S2/c1-12-9-13(10-14(20)15-3-2-8-23-15)17(24-12)18-16(21)11-19-4-6-22-7-5-19/h2-3,8-9H,4-7,10-11H2,1H3,(H,18,21). The average Bonchev–Trinajstić information content (AvgIpc) is 3.19. The Bertz CT molecular complexity index is 703. The molecule has 0 unspecified atom stereocenters. The second kappa shape index (κ2) is 8.02. The molecular weight excluding hydrogens is 344 g/mol. The van der Waals surface area contributed by atoms with Gasteiger partial charge < -0.3 is 10.1 Å². The average molecular weight is 364 g/mol. The van der Waals surface area contributed by atoms with Gasteiger partial charge in [-0.25, -0.2) is 0 Å². The van der Waals surface area contributed by atoms with Crippen LogP contribution in [0, 0.1) is 6.92 Å². The fraction of sp³-hybridized carbons (Fsp3) is 0.412. The summed E-state index contributed by atoms with van der Waals surface area (Å²) in [5.74, 6) is 0.0510. The van der Waals surface area contributed by atoms with Crippen molar-refractivity contribution in [3.63, 3.8) is 0 Å². The highest BCUT2D eigenvalue weighted by Gasteiger charge is 2.18. The van der Waals surface area contributed by atoms with Crippen LogP contribution in [0.1, 0.15) is 20.1 Å². The van der Waals surface area contributed by atoms with E-state index in [9.17, 15) is 9.59 Å². The van der Waals surface area contributed by atoms with E-state index in [0.29, 0.717) is 26.2 Å². The molecule has 5 nitrogen and oxygen atoms in total. The molecule has 24 heavy (non-hydrogen) atoms. The molecule has 0 aromatic carbocycles. The number of thiophene rings is 2. The number of aryl methyl sites for hydroxylation is 1. The number of morpholine rings is 1. The van der Waals surface area contributed by atoms with Gasteiger partial charge in [0.05, 0.1) is 29.6 Å². The minimum Gasteiger partial charge on any atom is -0.379 e. The summed E-state index contributed by atoms with van der Waals surface area (Å²) >= 11 is 2.97. The van der Waals surface area contributed by atoms with Gasteiger partial charge >= 0.3 is 0 Å². The molecule has 0 radical (unpaired) electrons. The first-order valence-electron chi connectivity index (χ1n) is 7.88. The Morgan fingerprint density at radius 3 is 2.83 bits per heavy atom. The van der Waals surface area contributed by atoms with Crippen LogP contribution in [-0.4, -0.2) is 49.4 Å². The van der Waals surface area contributed by atoms with E-state index in [4.69, 9.17) is 4.74 Å². The van der Waals surface area contributed by atoms with Crippen molar-refractivity contribution in [2.24, 2.45) is 0 Å². The number of nitrogens with one attached hydrogen (secondary N) is 1. The fourth-order valence-electron chi connectivity index (χ4n) is 2.63. The van der Waals surface area contributed by atoms with Gasteiger partial charge in [0.25, 0.3) is 0 Å². The molecule has 1 saturated heterocycles. The third kappa shape index (κ3) is 4.51. The topological polar surface area (TPSA) is 58.6 Å². The Kier molecular flexibility index (Phi) is 5.78. The summed E-state index contributed by atoms with van der Waals surface area (Å²) in [6.45, 7) is 5.25. The number of rotatable bonds is 6. The van der Waals surface area contributed by atoms with Gasteiger partial charge in [-0.1, -0.05) is 6.07 Å². The normalized spacial score (nSPS) is 15.4. The van der Waals surface area contributed by atoms with Crippen LogP contribution in [0.4, 0.5) is 5.00 Å². The van der Waals surface area contributed by atoms with Gasteiger partial charge in [-0.2, -0.15) is 0 Å². The molecule has 1 N–H and O–H groups in total. The van der Waals surface area contributed by atoms with Gasteiger partial charge in [0.2, 0.25) is 5.91 Å². The maximum atomic E-state index is 12.3. The Balaban J connectivity index is 1.63. The van der Waals surface area contributed by atoms with Crippen molar-refractivity contribution in [1.29, 1.82) is 0 Å². The molecule has 2 aromatic heterocycles. The molecule has 2 aromatic rings. The van der Waals surface area contributed by atoms with Crippen LogP contribution in [0.25, 0.3) is 0 Å². The van der Waals surface area contributed by atoms with Gasteiger partial charge in [-0.15, -0.1) is 22.7 Å². The van der Waals surface area contributed by atoms with Crippen LogP contribution in [0.5, 0.6) is 0 Å². The van der Waals surface area contributed by atoms with Crippen LogP contribution < -0.4 is 5.32 Å². The van der Waals surface area contributed by atoms with Crippen molar-refractivity contribution < 1.29 is 14.3 Å². The van der Waals surface area contributed by atoms with E-state index < -0.39 is 0 Å². The lowest BCUT2D eigenvalue weighted by Crippen LogP contribution is -2.41. The maximum Gasteiger partial charge on any atom is 0.239 e. The lowest BCUT2D eigenvalue weighted by atomic mass is 10.1. The molecule has 3 heterocycles. The quantitative estimate of drug-likeness (QED) is 0.801. The first-order chi connectivity index (χ1) is 11.6. The lowest BCUT2D eigenvalue weighted by molar-refractivity contribution is -0.118. The van der Waals surface area contributed by atoms with E-state index in [-0.39, 0.29) is 11.7 Å². The minimum atomic E-state index is -0.0384. The summed E-state index contributed by atoms with van der Waals surface area (Å²) in [4.78, 5) is 28.5. The summed E-state index contributed by atoms with van der Waals surface area (Å²) < 4.78 is 5.29. The van der Waals surface area contributed by atoms with Crippen molar-refractivity contribution in [3.8, 4) is 0 Å². The number of ketones is 1. The molecule has 0 saturated carbocycles. The minimum absolute atomic E-state index is 0.0384. The Morgan fingerprint density at radius 1 is 1.33 bits per heavy atom. The number of carbonyl (C=O) groups excluding carboxylic acids is 2. The van der Waals surface area contributed by atoms with E-state index >= 15 is 0 Å². The molecule has 0 aliphatic carbocycles. The molecule has 1 aliphatic rings. The van der Waals surface area contributed by atoms with Crippen molar-refractivity contribution in [2.45, 2.75) is 13.3 Å². The van der Waals surface area contributed by atoms with Crippen LogP contribution in [-0.2, 0) is 16.0 Å². The Hall–Kier alpha value is -1.54. The highest BCUT2D eigenvalue weighted by molar-refractivity contribution is 7.16. The van der Waals surface area contributed by atoms with E-state index in [0.717, 1.165) is 33.4 Å². The molecule has 0 atom stereocenters. The largest absolute Gasteiger partial charge is 0.379 e. The predicted octanol–water partition coefficient (Wildman–Crippen LogP) is 2.81. The molecule has 1 aliphatic heterocycles. The first-order valence-corrected chi connectivity index (χ1v) is 9.57. The van der Waals surface area contributed by atoms with Gasteiger partial charge in [0.1, 0.15) is 0 Å². The highest BCUT2D eigenvalue weighted by atomic mass is 32.1. The van der Waals surface area contributed by atoms with Crippen LogP contribution in [0.2, 0.25) is 0 Å². The summed E-state index contributed by atoms with van der Waals surface area (Å²) in [7, 11) is 0. The van der Waals surface area contributed by atoms with E-state index in [1.165, 1.54) is 22.7 Å². The van der Waals surface area contributed by atoms with Crippen molar-refractivity contribution in [2.75, 3.05) is 38.2 Å². The smallest absolute Gasteiger partial charge is 0.239 e. The van der Waals surface area contributed by atoms with Gasteiger partial charge in [0.15, 0.2) is 5.78 Å². The summed E-state index contributed by atoms with van der Waals surface area (Å²) in [6, 6.07) is 5.70. The molecule has 7 heteroatoms. The van der Waals surface area contributed by atoms with E-state index in [1.807, 2.05) is 30.5 Å². The monoisotopic (exact) mass is 364 g/mol. The molecule has 1 amide bonds.